The van der Waals surface area contributed by atoms with Crippen molar-refractivity contribution in [1.29, 1.82) is 0 Å². The molecule has 20 heavy (non-hydrogen) atoms. The van der Waals surface area contributed by atoms with Crippen molar-refractivity contribution in [2.45, 2.75) is 31.3 Å². The van der Waals surface area contributed by atoms with Crippen LogP contribution in [0.2, 0.25) is 0 Å². The zero-order chi connectivity index (χ0) is 14.6. The molecule has 0 spiro atoms. The number of rotatable bonds is 6. The molecule has 1 aromatic carbocycles. The Morgan fingerprint density at radius 3 is 2.30 bits per heavy atom. The highest BCUT2D eigenvalue weighted by atomic mass is 32.2. The highest BCUT2D eigenvalue weighted by molar-refractivity contribution is 7.89. The molecule has 7 heteroatoms. The van der Waals surface area contributed by atoms with E-state index < -0.39 is 10.0 Å². The van der Waals surface area contributed by atoms with E-state index in [-0.39, 0.29) is 16.9 Å². The summed E-state index contributed by atoms with van der Waals surface area (Å²) >= 11 is 0. The van der Waals surface area contributed by atoms with Gasteiger partial charge in [0.2, 0.25) is 10.0 Å². The smallest absolute Gasteiger partial charge is 0.207 e. The number of aromatic nitrogens is 3. The summed E-state index contributed by atoms with van der Waals surface area (Å²) in [7, 11) is -3.53. The standard InChI is InChI=1S/C13H18N4O2S/c1-11(2)13(10-17-14-8-9-15-17)16-20(18,19)12-6-4-3-5-7-12/h3-9,11,13,16H,10H2,1-2H3. The van der Waals surface area contributed by atoms with Crippen molar-refractivity contribution < 1.29 is 8.42 Å². The van der Waals surface area contributed by atoms with Gasteiger partial charge in [-0.05, 0) is 18.1 Å². The van der Waals surface area contributed by atoms with Crippen LogP contribution in [0.1, 0.15) is 13.8 Å². The van der Waals surface area contributed by atoms with Crippen molar-refractivity contribution >= 4 is 10.0 Å². The predicted molar refractivity (Wildman–Crippen MR) is 75.4 cm³/mol. The van der Waals surface area contributed by atoms with Crippen LogP contribution in [0.4, 0.5) is 0 Å². The van der Waals surface area contributed by atoms with E-state index in [2.05, 4.69) is 14.9 Å². The maximum absolute atomic E-state index is 12.3. The first kappa shape index (κ1) is 14.7. The van der Waals surface area contributed by atoms with Gasteiger partial charge in [0, 0.05) is 6.04 Å². The normalized spacial score (nSPS) is 13.6. The molecule has 1 atom stereocenters. The third-order valence-corrected chi connectivity index (χ3v) is 4.50. The van der Waals surface area contributed by atoms with Crippen molar-refractivity contribution in [3.8, 4) is 0 Å². The highest BCUT2D eigenvalue weighted by Gasteiger charge is 2.23. The van der Waals surface area contributed by atoms with Gasteiger partial charge in [0.05, 0.1) is 23.8 Å². The lowest BCUT2D eigenvalue weighted by Gasteiger charge is -2.21. The van der Waals surface area contributed by atoms with E-state index in [0.717, 1.165) is 0 Å². The van der Waals surface area contributed by atoms with E-state index in [1.54, 1.807) is 42.7 Å². The minimum absolute atomic E-state index is 0.125. The Labute approximate surface area is 118 Å². The Morgan fingerprint density at radius 1 is 1.15 bits per heavy atom. The fourth-order valence-corrected chi connectivity index (χ4v) is 3.16. The van der Waals surface area contributed by atoms with Gasteiger partial charge in [-0.2, -0.15) is 15.0 Å². The van der Waals surface area contributed by atoms with Crippen LogP contribution in [-0.4, -0.2) is 29.5 Å². The lowest BCUT2D eigenvalue weighted by molar-refractivity contribution is 0.361. The fraction of sp³-hybridized carbons (Fsp3) is 0.385. The van der Waals surface area contributed by atoms with Crippen molar-refractivity contribution in [2.75, 3.05) is 0 Å². The van der Waals surface area contributed by atoms with Gasteiger partial charge >= 0.3 is 0 Å². The molecule has 108 valence electrons. The molecule has 1 aromatic heterocycles. The number of sulfonamides is 1. The molecule has 0 aliphatic heterocycles. The summed E-state index contributed by atoms with van der Waals surface area (Å²) in [6, 6.07) is 8.07. The van der Waals surface area contributed by atoms with Crippen LogP contribution in [0.5, 0.6) is 0 Å². The second kappa shape index (κ2) is 6.15. The SMILES string of the molecule is CC(C)C(Cn1nccn1)NS(=O)(=O)c1ccccc1. The van der Waals surface area contributed by atoms with Crippen LogP contribution < -0.4 is 4.72 Å². The van der Waals surface area contributed by atoms with Gasteiger partial charge in [0.15, 0.2) is 0 Å². The van der Waals surface area contributed by atoms with Crippen LogP contribution in [0.3, 0.4) is 0 Å². The van der Waals surface area contributed by atoms with Gasteiger partial charge in [-0.1, -0.05) is 32.0 Å². The summed E-state index contributed by atoms with van der Waals surface area (Å²) in [5.74, 6) is 0.125. The molecule has 2 rings (SSSR count). The van der Waals surface area contributed by atoms with Crippen molar-refractivity contribution in [1.82, 2.24) is 19.7 Å². The Balaban J connectivity index is 2.16. The van der Waals surface area contributed by atoms with Crippen LogP contribution in [0, 0.1) is 5.92 Å². The van der Waals surface area contributed by atoms with E-state index in [1.165, 1.54) is 4.80 Å². The van der Waals surface area contributed by atoms with Crippen molar-refractivity contribution in [3.05, 3.63) is 42.7 Å². The Kier molecular flexibility index (Phi) is 4.51. The summed E-state index contributed by atoms with van der Waals surface area (Å²) in [4.78, 5) is 1.75. The molecule has 1 unspecified atom stereocenters. The first-order chi connectivity index (χ1) is 9.49. The molecule has 0 bridgehead atoms. The van der Waals surface area contributed by atoms with E-state index in [9.17, 15) is 8.42 Å². The third-order valence-electron chi connectivity index (χ3n) is 2.99. The number of nitrogens with zero attached hydrogens (tertiary/aromatic N) is 3. The average molecular weight is 294 g/mol. The first-order valence-corrected chi connectivity index (χ1v) is 7.89. The summed E-state index contributed by atoms with van der Waals surface area (Å²) in [5, 5.41) is 8.02. The Hall–Kier alpha value is -1.73. The molecule has 2 aromatic rings. The zero-order valence-corrected chi connectivity index (χ0v) is 12.3. The molecule has 0 saturated carbocycles. The van der Waals surface area contributed by atoms with Crippen LogP contribution in [0.25, 0.3) is 0 Å². The number of nitrogens with one attached hydrogen (secondary N) is 1. The van der Waals surface area contributed by atoms with Crippen LogP contribution >= 0.6 is 0 Å². The second-order valence-electron chi connectivity index (χ2n) is 4.87. The molecule has 0 fully saturated rings. The number of hydrogen-bond acceptors (Lipinski definition) is 4. The van der Waals surface area contributed by atoms with E-state index in [4.69, 9.17) is 0 Å². The minimum Gasteiger partial charge on any atom is -0.207 e. The largest absolute Gasteiger partial charge is 0.240 e. The van der Waals surface area contributed by atoms with Gasteiger partial charge in [-0.3, -0.25) is 0 Å². The third kappa shape index (κ3) is 3.64. The molecule has 1 N–H and O–H groups in total. The van der Waals surface area contributed by atoms with E-state index in [0.29, 0.717) is 6.54 Å². The van der Waals surface area contributed by atoms with Gasteiger partial charge in [0.25, 0.3) is 0 Å². The Bertz CT molecular complexity index is 624. The van der Waals surface area contributed by atoms with Gasteiger partial charge in [-0.15, -0.1) is 0 Å². The average Bonchev–Trinajstić information content (AvgIpc) is 2.91. The summed E-state index contributed by atoms with van der Waals surface area (Å²) < 4.78 is 27.3. The minimum atomic E-state index is -3.53. The number of benzene rings is 1. The maximum Gasteiger partial charge on any atom is 0.240 e. The van der Waals surface area contributed by atoms with Gasteiger partial charge < -0.3 is 0 Å². The topological polar surface area (TPSA) is 76.9 Å². The summed E-state index contributed by atoms with van der Waals surface area (Å²) in [6.45, 7) is 4.32. The van der Waals surface area contributed by atoms with Gasteiger partial charge in [0.1, 0.15) is 0 Å². The summed E-state index contributed by atoms with van der Waals surface area (Å²) in [6.07, 6.45) is 3.15. The van der Waals surface area contributed by atoms with Crippen LogP contribution in [-0.2, 0) is 16.6 Å². The zero-order valence-electron chi connectivity index (χ0n) is 11.5. The van der Waals surface area contributed by atoms with E-state index in [1.807, 2.05) is 13.8 Å². The predicted octanol–water partition coefficient (Wildman–Crippen LogP) is 1.28. The molecule has 0 aliphatic rings. The molecule has 0 aliphatic carbocycles. The van der Waals surface area contributed by atoms with Crippen molar-refractivity contribution in [3.63, 3.8) is 0 Å². The fourth-order valence-electron chi connectivity index (χ4n) is 1.76. The second-order valence-corrected chi connectivity index (χ2v) is 6.58. The lowest BCUT2D eigenvalue weighted by Crippen LogP contribution is -2.41. The quantitative estimate of drug-likeness (QED) is 0.870. The van der Waals surface area contributed by atoms with Crippen molar-refractivity contribution in [2.24, 2.45) is 5.92 Å². The first-order valence-electron chi connectivity index (χ1n) is 6.40. The molecular formula is C13H18N4O2S. The summed E-state index contributed by atoms with van der Waals surface area (Å²) in [5.41, 5.74) is 0. The van der Waals surface area contributed by atoms with Crippen LogP contribution in [0.15, 0.2) is 47.6 Å². The Morgan fingerprint density at radius 2 is 1.75 bits per heavy atom. The molecule has 6 nitrogen and oxygen atoms in total. The lowest BCUT2D eigenvalue weighted by atomic mass is 10.1. The molecule has 0 radical (unpaired) electrons. The highest BCUT2D eigenvalue weighted by Crippen LogP contribution is 2.12. The maximum atomic E-state index is 12.3. The molecule has 0 amide bonds. The monoisotopic (exact) mass is 294 g/mol. The molecule has 1 heterocycles. The van der Waals surface area contributed by atoms with E-state index >= 15 is 0 Å². The molecular weight excluding hydrogens is 276 g/mol. The molecule has 0 saturated heterocycles. The number of hydrogen-bond donors (Lipinski definition) is 1. The van der Waals surface area contributed by atoms with Gasteiger partial charge in [-0.25, -0.2) is 13.1 Å².